The zero-order valence-electron chi connectivity index (χ0n) is 12.6. The van der Waals surface area contributed by atoms with Crippen LogP contribution in [0.2, 0.25) is 0 Å². The average Bonchev–Trinajstić information content (AvgIpc) is 2.79. The first-order chi connectivity index (χ1) is 9.65. The molecule has 1 aromatic carbocycles. The first-order valence-corrected chi connectivity index (χ1v) is 7.03. The van der Waals surface area contributed by atoms with Crippen molar-refractivity contribution in [3.05, 3.63) is 24.0 Å². The van der Waals surface area contributed by atoms with E-state index >= 15 is 0 Å². The lowest BCUT2D eigenvalue weighted by atomic mass is 10.3. The van der Waals surface area contributed by atoms with Crippen molar-refractivity contribution in [2.24, 2.45) is 5.73 Å². The molecule has 0 unspecified atom stereocenters. The van der Waals surface area contributed by atoms with Gasteiger partial charge in [-0.15, -0.1) is 0 Å². The number of ether oxygens (including phenoxy) is 1. The molecule has 1 heterocycles. The van der Waals surface area contributed by atoms with E-state index in [1.165, 1.54) is 5.52 Å². The molecule has 5 nitrogen and oxygen atoms in total. The summed E-state index contributed by atoms with van der Waals surface area (Å²) in [5.41, 5.74) is 7.79. The Morgan fingerprint density at radius 2 is 2.15 bits per heavy atom. The summed E-state index contributed by atoms with van der Waals surface area (Å²) in [5.74, 6) is 1.96. The lowest BCUT2D eigenvalue weighted by Gasteiger charge is -2.13. The molecule has 110 valence electrons. The maximum atomic E-state index is 5.62. The van der Waals surface area contributed by atoms with Crippen LogP contribution in [0.5, 0.6) is 5.75 Å². The fourth-order valence-electron chi connectivity index (χ4n) is 2.29. The van der Waals surface area contributed by atoms with Gasteiger partial charge in [-0.3, -0.25) is 0 Å². The first-order valence-electron chi connectivity index (χ1n) is 7.03. The van der Waals surface area contributed by atoms with Crippen molar-refractivity contribution in [3.8, 4) is 5.75 Å². The lowest BCUT2D eigenvalue weighted by Crippen LogP contribution is -2.19. The van der Waals surface area contributed by atoms with Gasteiger partial charge in [-0.1, -0.05) is 0 Å². The Kier molecular flexibility index (Phi) is 4.98. The maximum Gasteiger partial charge on any atom is 0.121 e. The van der Waals surface area contributed by atoms with Crippen LogP contribution in [0.25, 0.3) is 11.0 Å². The smallest absolute Gasteiger partial charge is 0.121 e. The summed E-state index contributed by atoms with van der Waals surface area (Å²) in [7, 11) is 5.85. The Morgan fingerprint density at radius 3 is 2.80 bits per heavy atom. The molecule has 0 aliphatic heterocycles. The summed E-state index contributed by atoms with van der Waals surface area (Å²) >= 11 is 0. The number of nitrogens with zero attached hydrogens (tertiary/aromatic N) is 3. The molecule has 2 N–H and O–H groups in total. The number of rotatable bonds is 7. The highest BCUT2D eigenvalue weighted by Crippen LogP contribution is 2.22. The van der Waals surface area contributed by atoms with Crippen LogP contribution in [0, 0.1) is 0 Å². The van der Waals surface area contributed by atoms with Gasteiger partial charge < -0.3 is 19.9 Å². The van der Waals surface area contributed by atoms with E-state index in [1.54, 1.807) is 7.11 Å². The third kappa shape index (κ3) is 3.29. The Hall–Kier alpha value is -1.59. The van der Waals surface area contributed by atoms with Crippen LogP contribution in [0.1, 0.15) is 12.2 Å². The number of hydrogen-bond donors (Lipinski definition) is 1. The van der Waals surface area contributed by atoms with Gasteiger partial charge >= 0.3 is 0 Å². The predicted molar refractivity (Wildman–Crippen MR) is 82.2 cm³/mol. The summed E-state index contributed by atoms with van der Waals surface area (Å²) in [4.78, 5) is 6.93. The zero-order valence-corrected chi connectivity index (χ0v) is 12.6. The number of hydrogen-bond acceptors (Lipinski definition) is 4. The molecule has 0 aliphatic rings. The zero-order chi connectivity index (χ0) is 14.5. The Labute approximate surface area is 120 Å². The summed E-state index contributed by atoms with van der Waals surface area (Å²) in [6.45, 7) is 2.63. The maximum absolute atomic E-state index is 5.62. The highest BCUT2D eigenvalue weighted by molar-refractivity contribution is 5.77. The molecule has 0 aliphatic carbocycles. The third-order valence-corrected chi connectivity index (χ3v) is 3.41. The molecule has 20 heavy (non-hydrogen) atoms. The number of imidazole rings is 1. The summed E-state index contributed by atoms with van der Waals surface area (Å²) in [6.07, 6.45) is 1.88. The van der Waals surface area contributed by atoms with E-state index in [9.17, 15) is 0 Å². The van der Waals surface area contributed by atoms with Crippen molar-refractivity contribution in [1.82, 2.24) is 14.5 Å². The second-order valence-electron chi connectivity index (χ2n) is 5.23. The van der Waals surface area contributed by atoms with Crippen LogP contribution >= 0.6 is 0 Å². The molecule has 0 radical (unpaired) electrons. The second kappa shape index (κ2) is 6.72. The molecule has 2 aromatic rings. The minimum atomic E-state index is 0.695. The summed E-state index contributed by atoms with van der Waals surface area (Å²) in [6, 6.07) is 6.07. The number of likely N-dealkylation sites (N-methyl/N-ethyl adjacent to an activating group) is 1. The Balaban J connectivity index is 2.37. The Bertz CT molecular complexity index is 562. The minimum absolute atomic E-state index is 0.695. The standard InChI is InChI=1S/C15H24N4O/c1-18(2)9-10-19-14-7-6-12(20-3)11-13(14)17-15(19)5-4-8-16/h6-7,11H,4-5,8-10,16H2,1-3H3. The summed E-state index contributed by atoms with van der Waals surface area (Å²) < 4.78 is 7.57. The minimum Gasteiger partial charge on any atom is -0.497 e. The van der Waals surface area contributed by atoms with Crippen molar-refractivity contribution >= 4 is 11.0 Å². The van der Waals surface area contributed by atoms with E-state index in [0.717, 1.165) is 43.0 Å². The van der Waals surface area contributed by atoms with Crippen LogP contribution in [0.4, 0.5) is 0 Å². The molecule has 0 atom stereocenters. The molecule has 5 heteroatoms. The van der Waals surface area contributed by atoms with Gasteiger partial charge in [0, 0.05) is 25.6 Å². The van der Waals surface area contributed by atoms with E-state index in [-0.39, 0.29) is 0 Å². The number of aryl methyl sites for hydroxylation is 1. The second-order valence-corrected chi connectivity index (χ2v) is 5.23. The van der Waals surface area contributed by atoms with E-state index in [4.69, 9.17) is 15.5 Å². The molecule has 0 spiro atoms. The monoisotopic (exact) mass is 276 g/mol. The fraction of sp³-hybridized carbons (Fsp3) is 0.533. The van der Waals surface area contributed by atoms with E-state index in [1.807, 2.05) is 12.1 Å². The van der Waals surface area contributed by atoms with Gasteiger partial charge in [-0.05, 0) is 39.2 Å². The number of fused-ring (bicyclic) bond motifs is 1. The number of benzene rings is 1. The van der Waals surface area contributed by atoms with Crippen LogP contribution < -0.4 is 10.5 Å². The van der Waals surface area contributed by atoms with Crippen molar-refractivity contribution in [2.75, 3.05) is 34.3 Å². The van der Waals surface area contributed by atoms with Crippen molar-refractivity contribution in [1.29, 1.82) is 0 Å². The van der Waals surface area contributed by atoms with Crippen LogP contribution in [-0.4, -0.2) is 48.7 Å². The molecule has 0 fully saturated rings. The van der Waals surface area contributed by atoms with Crippen LogP contribution in [0.3, 0.4) is 0 Å². The Morgan fingerprint density at radius 1 is 1.35 bits per heavy atom. The van der Waals surface area contributed by atoms with Gasteiger partial charge in [0.15, 0.2) is 0 Å². The normalized spacial score (nSPS) is 11.4. The summed E-state index contributed by atoms with van der Waals surface area (Å²) in [5, 5.41) is 0. The lowest BCUT2D eigenvalue weighted by molar-refractivity contribution is 0.383. The van der Waals surface area contributed by atoms with Gasteiger partial charge in [0.05, 0.1) is 18.1 Å². The van der Waals surface area contributed by atoms with Gasteiger partial charge in [-0.25, -0.2) is 4.98 Å². The largest absolute Gasteiger partial charge is 0.497 e. The molecule has 2 rings (SSSR count). The molecule has 0 bridgehead atoms. The highest BCUT2D eigenvalue weighted by atomic mass is 16.5. The number of methoxy groups -OCH3 is 1. The van der Waals surface area contributed by atoms with Gasteiger partial charge in [-0.2, -0.15) is 0 Å². The topological polar surface area (TPSA) is 56.3 Å². The quantitative estimate of drug-likeness (QED) is 0.832. The molecule has 1 aromatic heterocycles. The predicted octanol–water partition coefficient (Wildman–Crippen LogP) is 1.50. The van der Waals surface area contributed by atoms with E-state index in [0.29, 0.717) is 6.54 Å². The molecular formula is C15H24N4O. The molecule has 0 saturated heterocycles. The molecule has 0 saturated carbocycles. The average molecular weight is 276 g/mol. The third-order valence-electron chi connectivity index (χ3n) is 3.41. The van der Waals surface area contributed by atoms with Crippen molar-refractivity contribution in [2.45, 2.75) is 19.4 Å². The SMILES string of the molecule is COc1ccc2c(c1)nc(CCCN)n2CCN(C)C. The molecule has 0 amide bonds. The van der Waals surface area contributed by atoms with Crippen molar-refractivity contribution < 1.29 is 4.74 Å². The van der Waals surface area contributed by atoms with E-state index in [2.05, 4.69) is 29.6 Å². The van der Waals surface area contributed by atoms with Gasteiger partial charge in [0.25, 0.3) is 0 Å². The van der Waals surface area contributed by atoms with Gasteiger partial charge in [0.2, 0.25) is 0 Å². The van der Waals surface area contributed by atoms with Crippen molar-refractivity contribution in [3.63, 3.8) is 0 Å². The first kappa shape index (κ1) is 14.8. The van der Waals surface area contributed by atoms with E-state index < -0.39 is 0 Å². The molecular weight excluding hydrogens is 252 g/mol. The van der Waals surface area contributed by atoms with Crippen LogP contribution in [0.15, 0.2) is 18.2 Å². The highest BCUT2D eigenvalue weighted by Gasteiger charge is 2.11. The fourth-order valence-corrected chi connectivity index (χ4v) is 2.29. The van der Waals surface area contributed by atoms with Crippen LogP contribution in [-0.2, 0) is 13.0 Å². The number of nitrogens with two attached hydrogens (primary N) is 1. The number of aromatic nitrogens is 2. The van der Waals surface area contributed by atoms with Gasteiger partial charge in [0.1, 0.15) is 11.6 Å².